The maximum atomic E-state index is 12.5. The molecule has 2 aromatic carbocycles. The Morgan fingerprint density at radius 3 is 2.72 bits per heavy atom. The van der Waals surface area contributed by atoms with Gasteiger partial charge in [0.25, 0.3) is 11.8 Å². The number of imide groups is 1. The average molecular weight is 405 g/mol. The summed E-state index contributed by atoms with van der Waals surface area (Å²) in [6.07, 6.45) is 2.36. The van der Waals surface area contributed by atoms with Gasteiger partial charge in [-0.15, -0.1) is 11.3 Å². The van der Waals surface area contributed by atoms with Crippen LogP contribution in [-0.2, 0) is 4.79 Å². The predicted octanol–water partition coefficient (Wildman–Crippen LogP) is 4.13. The van der Waals surface area contributed by atoms with Crippen LogP contribution in [0.5, 0.6) is 0 Å². The maximum absolute atomic E-state index is 12.5. The van der Waals surface area contributed by atoms with Gasteiger partial charge in [0.1, 0.15) is 5.01 Å². The van der Waals surface area contributed by atoms with Crippen LogP contribution in [0.3, 0.4) is 0 Å². The number of hydrogen-bond donors (Lipinski definition) is 1. The molecule has 0 radical (unpaired) electrons. The van der Waals surface area contributed by atoms with Crippen molar-refractivity contribution in [1.29, 1.82) is 0 Å². The summed E-state index contributed by atoms with van der Waals surface area (Å²) in [7, 11) is 0. The van der Waals surface area contributed by atoms with Gasteiger partial charge in [-0.1, -0.05) is 23.8 Å². The summed E-state index contributed by atoms with van der Waals surface area (Å²) in [6.45, 7) is 2.10. The number of benzene rings is 2. The number of rotatable bonds is 6. The Labute approximate surface area is 172 Å². The van der Waals surface area contributed by atoms with Crippen LogP contribution >= 0.6 is 11.3 Å². The molecule has 146 valence electrons. The van der Waals surface area contributed by atoms with Crippen LogP contribution in [0.15, 0.2) is 54.0 Å². The first-order valence-electron chi connectivity index (χ1n) is 9.29. The second kappa shape index (κ2) is 7.97. The normalized spacial score (nSPS) is 12.9. The quantitative estimate of drug-likeness (QED) is 0.625. The number of hydrogen-bond acceptors (Lipinski definition) is 5. The third-order valence-electron chi connectivity index (χ3n) is 4.74. The molecule has 0 spiro atoms. The summed E-state index contributed by atoms with van der Waals surface area (Å²) < 4.78 is 0. The van der Waals surface area contributed by atoms with Crippen LogP contribution < -0.4 is 5.32 Å². The van der Waals surface area contributed by atoms with Crippen molar-refractivity contribution in [3.05, 3.63) is 70.7 Å². The van der Waals surface area contributed by atoms with E-state index in [0.717, 1.165) is 16.1 Å². The van der Waals surface area contributed by atoms with Gasteiger partial charge in [-0.05, 0) is 37.6 Å². The summed E-state index contributed by atoms with van der Waals surface area (Å²) >= 11 is 1.53. The van der Waals surface area contributed by atoms with E-state index in [2.05, 4.69) is 10.3 Å². The van der Waals surface area contributed by atoms with Crippen LogP contribution in [0, 0.1) is 6.92 Å². The topological polar surface area (TPSA) is 79.4 Å². The molecule has 1 N–H and O–H groups in total. The molecular weight excluding hydrogens is 386 g/mol. The SMILES string of the molecule is Cc1ccc2c(c1)C(=O)N(CCCC(=O)Nc1cccc(-c3nccs3)c1)C2=O. The lowest BCUT2D eigenvalue weighted by Gasteiger charge is -2.13. The number of thiazole rings is 1. The number of carbonyl (C=O) groups excluding carboxylic acids is 3. The van der Waals surface area contributed by atoms with Crippen LogP contribution in [0.2, 0.25) is 0 Å². The van der Waals surface area contributed by atoms with Gasteiger partial charge in [0, 0.05) is 35.8 Å². The van der Waals surface area contributed by atoms with Crippen molar-refractivity contribution in [3.8, 4) is 10.6 Å². The average Bonchev–Trinajstić information content (AvgIpc) is 3.32. The second-order valence-electron chi connectivity index (χ2n) is 6.88. The van der Waals surface area contributed by atoms with E-state index in [1.165, 1.54) is 16.2 Å². The molecule has 1 aliphatic rings. The molecule has 4 rings (SSSR count). The number of aryl methyl sites for hydroxylation is 1. The molecule has 0 fully saturated rings. The van der Waals surface area contributed by atoms with Crippen molar-refractivity contribution >= 4 is 34.7 Å². The van der Waals surface area contributed by atoms with Gasteiger partial charge in [-0.3, -0.25) is 19.3 Å². The maximum Gasteiger partial charge on any atom is 0.261 e. The van der Waals surface area contributed by atoms with Crippen molar-refractivity contribution in [2.24, 2.45) is 0 Å². The first-order chi connectivity index (χ1) is 14.0. The van der Waals surface area contributed by atoms with Gasteiger partial charge < -0.3 is 5.32 Å². The van der Waals surface area contributed by atoms with E-state index in [1.54, 1.807) is 18.3 Å². The number of anilines is 1. The third kappa shape index (κ3) is 3.95. The van der Waals surface area contributed by atoms with Gasteiger partial charge in [-0.25, -0.2) is 4.98 Å². The molecule has 6 nitrogen and oxygen atoms in total. The molecule has 0 saturated heterocycles. The van der Waals surface area contributed by atoms with Crippen molar-refractivity contribution in [2.75, 3.05) is 11.9 Å². The Kier molecular flexibility index (Phi) is 5.22. The number of nitrogens with zero attached hydrogens (tertiary/aromatic N) is 2. The number of amides is 3. The van der Waals surface area contributed by atoms with Gasteiger partial charge in [0.05, 0.1) is 11.1 Å². The lowest BCUT2D eigenvalue weighted by atomic mass is 10.1. The molecule has 1 aromatic heterocycles. The summed E-state index contributed by atoms with van der Waals surface area (Å²) in [5.41, 5.74) is 3.45. The van der Waals surface area contributed by atoms with Gasteiger partial charge >= 0.3 is 0 Å². The predicted molar refractivity (Wildman–Crippen MR) is 112 cm³/mol. The highest BCUT2D eigenvalue weighted by Gasteiger charge is 2.34. The number of nitrogens with one attached hydrogen (secondary N) is 1. The molecule has 2 heterocycles. The smallest absolute Gasteiger partial charge is 0.261 e. The lowest BCUT2D eigenvalue weighted by molar-refractivity contribution is -0.116. The van der Waals surface area contributed by atoms with Gasteiger partial charge in [0.15, 0.2) is 0 Å². The first kappa shape index (κ1) is 19.0. The number of fused-ring (bicyclic) bond motifs is 1. The molecule has 0 saturated carbocycles. The fourth-order valence-electron chi connectivity index (χ4n) is 3.32. The van der Waals surface area contributed by atoms with E-state index in [-0.39, 0.29) is 30.7 Å². The van der Waals surface area contributed by atoms with Crippen LogP contribution in [0.25, 0.3) is 10.6 Å². The summed E-state index contributed by atoms with van der Waals surface area (Å²) in [4.78, 5) is 42.7. The fraction of sp³-hybridized carbons (Fsp3) is 0.182. The molecule has 0 unspecified atom stereocenters. The molecule has 1 aliphatic heterocycles. The third-order valence-corrected chi connectivity index (χ3v) is 5.56. The Balaban J connectivity index is 1.33. The Hall–Kier alpha value is -3.32. The minimum atomic E-state index is -0.290. The van der Waals surface area contributed by atoms with E-state index in [1.807, 2.05) is 42.6 Å². The largest absolute Gasteiger partial charge is 0.326 e. The minimum Gasteiger partial charge on any atom is -0.326 e. The molecule has 0 aliphatic carbocycles. The van der Waals surface area contributed by atoms with Crippen molar-refractivity contribution in [2.45, 2.75) is 19.8 Å². The molecule has 3 aromatic rings. The monoisotopic (exact) mass is 405 g/mol. The summed E-state index contributed by atoms with van der Waals surface area (Å²) in [6, 6.07) is 12.8. The molecule has 29 heavy (non-hydrogen) atoms. The standard InChI is InChI=1S/C22H19N3O3S/c1-14-7-8-17-18(12-14)22(28)25(21(17)27)10-3-6-19(26)24-16-5-2-4-15(13-16)20-23-9-11-29-20/h2,4-5,7-9,11-13H,3,6,10H2,1H3,(H,24,26). The van der Waals surface area contributed by atoms with Gasteiger partial charge in [0.2, 0.25) is 5.91 Å². The van der Waals surface area contributed by atoms with E-state index in [0.29, 0.717) is 23.2 Å². The molecule has 0 atom stereocenters. The first-order valence-corrected chi connectivity index (χ1v) is 10.2. The Morgan fingerprint density at radius 1 is 1.10 bits per heavy atom. The number of aromatic nitrogens is 1. The van der Waals surface area contributed by atoms with E-state index >= 15 is 0 Å². The van der Waals surface area contributed by atoms with Crippen LogP contribution in [0.4, 0.5) is 5.69 Å². The molecular formula is C22H19N3O3S. The zero-order valence-corrected chi connectivity index (χ0v) is 16.7. The van der Waals surface area contributed by atoms with Crippen molar-refractivity contribution in [3.63, 3.8) is 0 Å². The number of carbonyl (C=O) groups is 3. The molecule has 3 amide bonds. The zero-order chi connectivity index (χ0) is 20.4. The minimum absolute atomic E-state index is 0.159. The molecule has 7 heteroatoms. The summed E-state index contributed by atoms with van der Waals surface area (Å²) in [5.74, 6) is -0.736. The van der Waals surface area contributed by atoms with Crippen LogP contribution in [-0.4, -0.2) is 34.2 Å². The Morgan fingerprint density at radius 2 is 1.93 bits per heavy atom. The lowest BCUT2D eigenvalue weighted by Crippen LogP contribution is -2.31. The van der Waals surface area contributed by atoms with E-state index in [4.69, 9.17) is 0 Å². The van der Waals surface area contributed by atoms with E-state index in [9.17, 15) is 14.4 Å². The van der Waals surface area contributed by atoms with Crippen molar-refractivity contribution in [1.82, 2.24) is 9.88 Å². The second-order valence-corrected chi connectivity index (χ2v) is 7.78. The van der Waals surface area contributed by atoms with Gasteiger partial charge in [-0.2, -0.15) is 0 Å². The summed E-state index contributed by atoms with van der Waals surface area (Å²) in [5, 5.41) is 5.66. The highest BCUT2D eigenvalue weighted by atomic mass is 32.1. The van der Waals surface area contributed by atoms with E-state index < -0.39 is 0 Å². The van der Waals surface area contributed by atoms with Crippen LogP contribution in [0.1, 0.15) is 39.1 Å². The fourth-order valence-corrected chi connectivity index (χ4v) is 3.96. The zero-order valence-electron chi connectivity index (χ0n) is 15.8. The van der Waals surface area contributed by atoms with Crippen molar-refractivity contribution < 1.29 is 14.4 Å². The highest BCUT2D eigenvalue weighted by molar-refractivity contribution is 7.13. The molecule has 0 bridgehead atoms. The Bertz CT molecular complexity index is 1090. The highest BCUT2D eigenvalue weighted by Crippen LogP contribution is 2.25.